The van der Waals surface area contributed by atoms with Gasteiger partial charge in [0.15, 0.2) is 0 Å². The van der Waals surface area contributed by atoms with E-state index in [1.165, 1.54) is 12.8 Å². The zero-order valence-corrected chi connectivity index (χ0v) is 11.3. The third kappa shape index (κ3) is 4.40. The van der Waals surface area contributed by atoms with Crippen LogP contribution in [-0.4, -0.2) is 49.3 Å². The monoisotopic (exact) mass is 228 g/mol. The van der Waals surface area contributed by atoms with Gasteiger partial charge in [-0.05, 0) is 46.7 Å². The van der Waals surface area contributed by atoms with Crippen molar-refractivity contribution in [2.24, 2.45) is 0 Å². The first-order valence-electron chi connectivity index (χ1n) is 6.73. The Bertz CT molecular complexity index is 187. The number of nitrogens with one attached hydrogen (secondary N) is 1. The molecule has 3 heteroatoms. The molecule has 1 aliphatic rings. The van der Waals surface area contributed by atoms with Crippen molar-refractivity contribution < 1.29 is 4.74 Å². The second-order valence-electron chi connectivity index (χ2n) is 5.03. The molecule has 0 aromatic rings. The van der Waals surface area contributed by atoms with Crippen molar-refractivity contribution in [1.29, 1.82) is 0 Å². The van der Waals surface area contributed by atoms with Gasteiger partial charge in [-0.1, -0.05) is 6.92 Å². The number of rotatable bonds is 6. The maximum Gasteiger partial charge on any atom is 0.0674 e. The summed E-state index contributed by atoms with van der Waals surface area (Å²) in [5.74, 6) is 0. The second kappa shape index (κ2) is 7.25. The summed E-state index contributed by atoms with van der Waals surface area (Å²) in [6.45, 7) is 13.2. The van der Waals surface area contributed by atoms with Crippen molar-refractivity contribution in [2.45, 2.75) is 58.7 Å². The summed E-state index contributed by atoms with van der Waals surface area (Å²) in [5, 5.41) is 3.38. The molecule has 0 saturated carbocycles. The lowest BCUT2D eigenvalue weighted by atomic mass is 10.1. The van der Waals surface area contributed by atoms with Gasteiger partial charge >= 0.3 is 0 Å². The first-order valence-corrected chi connectivity index (χ1v) is 6.73. The average molecular weight is 228 g/mol. The molecule has 0 radical (unpaired) electrons. The molecule has 1 N–H and O–H groups in total. The quantitative estimate of drug-likeness (QED) is 0.703. The van der Waals surface area contributed by atoms with E-state index in [2.05, 4.69) is 37.9 Å². The second-order valence-corrected chi connectivity index (χ2v) is 5.03. The molecule has 1 aliphatic heterocycles. The molecular weight excluding hydrogens is 200 g/mol. The van der Waals surface area contributed by atoms with E-state index in [4.69, 9.17) is 4.74 Å². The van der Waals surface area contributed by atoms with Gasteiger partial charge in [-0.25, -0.2) is 0 Å². The van der Waals surface area contributed by atoms with Gasteiger partial charge in [0.05, 0.1) is 12.7 Å². The smallest absolute Gasteiger partial charge is 0.0674 e. The third-order valence-corrected chi connectivity index (χ3v) is 3.45. The molecule has 3 atom stereocenters. The fraction of sp³-hybridized carbons (Fsp3) is 1.00. The largest absolute Gasteiger partial charge is 0.376 e. The summed E-state index contributed by atoms with van der Waals surface area (Å²) in [6.07, 6.45) is 2.95. The zero-order valence-electron chi connectivity index (χ0n) is 11.3. The fourth-order valence-corrected chi connectivity index (χ4v) is 2.41. The van der Waals surface area contributed by atoms with Crippen molar-refractivity contribution in [3.8, 4) is 0 Å². The van der Waals surface area contributed by atoms with E-state index in [9.17, 15) is 0 Å². The highest BCUT2D eigenvalue weighted by molar-refractivity contribution is 4.79. The molecule has 16 heavy (non-hydrogen) atoms. The number of nitrogens with zero attached hydrogens (tertiary/aromatic N) is 1. The summed E-state index contributed by atoms with van der Waals surface area (Å²) in [7, 11) is 0. The van der Waals surface area contributed by atoms with E-state index in [0.29, 0.717) is 18.2 Å². The van der Waals surface area contributed by atoms with Crippen LogP contribution in [0.2, 0.25) is 0 Å². The maximum absolute atomic E-state index is 5.66. The fourth-order valence-electron chi connectivity index (χ4n) is 2.41. The Morgan fingerprint density at radius 2 is 2.19 bits per heavy atom. The van der Waals surface area contributed by atoms with E-state index >= 15 is 0 Å². The van der Waals surface area contributed by atoms with Crippen LogP contribution in [0.25, 0.3) is 0 Å². The topological polar surface area (TPSA) is 24.5 Å². The lowest BCUT2D eigenvalue weighted by Crippen LogP contribution is -2.51. The minimum absolute atomic E-state index is 0.396. The van der Waals surface area contributed by atoms with Gasteiger partial charge in [0.1, 0.15) is 0 Å². The molecule has 0 spiro atoms. The molecule has 1 heterocycles. The van der Waals surface area contributed by atoms with Crippen LogP contribution in [-0.2, 0) is 4.74 Å². The third-order valence-electron chi connectivity index (χ3n) is 3.45. The summed E-state index contributed by atoms with van der Waals surface area (Å²) in [6, 6.07) is 1.25. The van der Waals surface area contributed by atoms with Crippen LogP contribution in [0, 0.1) is 0 Å². The molecule has 1 rings (SSSR count). The molecule has 3 nitrogen and oxygen atoms in total. The van der Waals surface area contributed by atoms with Crippen LogP contribution < -0.4 is 5.32 Å². The minimum Gasteiger partial charge on any atom is -0.376 e. The summed E-state index contributed by atoms with van der Waals surface area (Å²) >= 11 is 0. The van der Waals surface area contributed by atoms with Gasteiger partial charge in [-0.15, -0.1) is 0 Å². The number of ether oxygens (including phenoxy) is 1. The van der Waals surface area contributed by atoms with Crippen LogP contribution in [0.1, 0.15) is 40.5 Å². The van der Waals surface area contributed by atoms with Crippen molar-refractivity contribution in [1.82, 2.24) is 10.2 Å². The Labute approximate surface area is 101 Å². The Hall–Kier alpha value is -0.120. The molecule has 0 amide bonds. The minimum atomic E-state index is 0.396. The Kier molecular flexibility index (Phi) is 6.32. The van der Waals surface area contributed by atoms with E-state index in [0.717, 1.165) is 26.2 Å². The normalized spacial score (nSPS) is 29.2. The van der Waals surface area contributed by atoms with Gasteiger partial charge in [-0.2, -0.15) is 0 Å². The Balaban J connectivity index is 2.25. The van der Waals surface area contributed by atoms with Crippen molar-refractivity contribution in [3.05, 3.63) is 0 Å². The molecule has 0 aromatic carbocycles. The highest BCUT2D eigenvalue weighted by Crippen LogP contribution is 2.17. The first kappa shape index (κ1) is 13.9. The van der Waals surface area contributed by atoms with Crippen molar-refractivity contribution in [3.63, 3.8) is 0 Å². The SMILES string of the molecule is CCNCCCC(C)N1CC(C)OCC1C. The van der Waals surface area contributed by atoms with Gasteiger partial charge in [0.25, 0.3) is 0 Å². The van der Waals surface area contributed by atoms with Gasteiger partial charge in [0.2, 0.25) is 0 Å². The van der Waals surface area contributed by atoms with E-state index in [1.54, 1.807) is 0 Å². The zero-order chi connectivity index (χ0) is 12.0. The summed E-state index contributed by atoms with van der Waals surface area (Å²) < 4.78 is 5.66. The lowest BCUT2D eigenvalue weighted by molar-refractivity contribution is -0.0645. The molecule has 3 unspecified atom stereocenters. The van der Waals surface area contributed by atoms with E-state index in [-0.39, 0.29) is 0 Å². The average Bonchev–Trinajstić information content (AvgIpc) is 2.27. The number of hydrogen-bond donors (Lipinski definition) is 1. The predicted molar refractivity (Wildman–Crippen MR) is 68.8 cm³/mol. The number of morpholine rings is 1. The molecule has 0 bridgehead atoms. The van der Waals surface area contributed by atoms with Crippen molar-refractivity contribution in [2.75, 3.05) is 26.2 Å². The molecule has 1 saturated heterocycles. The molecule has 0 aliphatic carbocycles. The van der Waals surface area contributed by atoms with Gasteiger partial charge in [0, 0.05) is 18.6 Å². The maximum atomic E-state index is 5.66. The summed E-state index contributed by atoms with van der Waals surface area (Å²) in [4.78, 5) is 2.60. The molecular formula is C13H28N2O. The van der Waals surface area contributed by atoms with Crippen LogP contribution in [0.4, 0.5) is 0 Å². The Morgan fingerprint density at radius 1 is 1.44 bits per heavy atom. The summed E-state index contributed by atoms with van der Waals surface area (Å²) in [5.41, 5.74) is 0. The van der Waals surface area contributed by atoms with Crippen molar-refractivity contribution >= 4 is 0 Å². The predicted octanol–water partition coefficient (Wildman–Crippen LogP) is 1.87. The number of hydrogen-bond acceptors (Lipinski definition) is 3. The van der Waals surface area contributed by atoms with Crippen LogP contribution in [0.5, 0.6) is 0 Å². The van der Waals surface area contributed by atoms with Crippen LogP contribution >= 0.6 is 0 Å². The highest BCUT2D eigenvalue weighted by atomic mass is 16.5. The standard InChI is InChI=1S/C13H28N2O/c1-5-14-8-6-7-11(2)15-9-13(4)16-10-12(15)3/h11-14H,5-10H2,1-4H3. The van der Waals surface area contributed by atoms with Crippen LogP contribution in [0.3, 0.4) is 0 Å². The molecule has 0 aromatic heterocycles. The van der Waals surface area contributed by atoms with E-state index in [1.807, 2.05) is 0 Å². The molecule has 1 fully saturated rings. The lowest BCUT2D eigenvalue weighted by Gasteiger charge is -2.40. The Morgan fingerprint density at radius 3 is 2.88 bits per heavy atom. The van der Waals surface area contributed by atoms with Crippen LogP contribution in [0.15, 0.2) is 0 Å². The first-order chi connectivity index (χ1) is 7.65. The van der Waals surface area contributed by atoms with Gasteiger partial charge in [-0.3, -0.25) is 4.90 Å². The highest BCUT2D eigenvalue weighted by Gasteiger charge is 2.26. The molecule has 96 valence electrons. The van der Waals surface area contributed by atoms with E-state index < -0.39 is 0 Å². The van der Waals surface area contributed by atoms with Gasteiger partial charge < -0.3 is 10.1 Å².